The fourth-order valence-electron chi connectivity index (χ4n) is 3.31. The summed E-state index contributed by atoms with van der Waals surface area (Å²) in [5, 5.41) is 1.03. The van der Waals surface area contributed by atoms with E-state index in [4.69, 9.17) is 0 Å². The lowest BCUT2D eigenvalue weighted by Crippen LogP contribution is -2.09. The van der Waals surface area contributed by atoms with Gasteiger partial charge in [-0.25, -0.2) is 0 Å². The lowest BCUT2D eigenvalue weighted by Gasteiger charge is -2.31. The highest BCUT2D eigenvalue weighted by Gasteiger charge is 2.29. The summed E-state index contributed by atoms with van der Waals surface area (Å²) in [6.45, 7) is 4.34. The van der Waals surface area contributed by atoms with E-state index in [2.05, 4.69) is 86.6 Å². The largest absolute Gasteiger partial charge is 0.118 e. The van der Waals surface area contributed by atoms with Crippen LogP contribution in [-0.4, -0.2) is 0 Å². The molecule has 3 aromatic rings. The summed E-state index contributed by atoms with van der Waals surface area (Å²) < 4.78 is 0. The van der Waals surface area contributed by atoms with Crippen LogP contribution in [0.25, 0.3) is 0 Å². The van der Waals surface area contributed by atoms with Gasteiger partial charge in [-0.2, -0.15) is 0 Å². The molecule has 25 heavy (non-hydrogen) atoms. The van der Waals surface area contributed by atoms with Crippen molar-refractivity contribution in [2.24, 2.45) is 0 Å². The smallest absolute Gasteiger partial charge is 0.0369 e. The molecule has 0 saturated heterocycles. The van der Waals surface area contributed by atoms with E-state index < -0.39 is 0 Å². The van der Waals surface area contributed by atoms with Crippen LogP contribution in [0.5, 0.6) is 0 Å². The van der Waals surface area contributed by atoms with E-state index in [1.807, 2.05) is 23.5 Å². The fraction of sp³-hybridized carbons (Fsp3) is 0.217. The molecule has 0 amide bonds. The highest BCUT2D eigenvalue weighted by Crippen LogP contribution is 2.54. The van der Waals surface area contributed by atoms with Crippen LogP contribution in [0, 0.1) is 13.8 Å². The zero-order chi connectivity index (χ0) is 17.2. The van der Waals surface area contributed by atoms with E-state index in [1.165, 1.54) is 38.5 Å². The normalized spacial score (nSPS) is 19.4. The van der Waals surface area contributed by atoms with Crippen molar-refractivity contribution in [3.8, 4) is 0 Å². The van der Waals surface area contributed by atoms with Crippen LogP contribution in [0.4, 0.5) is 0 Å². The Morgan fingerprint density at radius 2 is 1.56 bits per heavy atom. The number of thioether (sulfide) groups is 2. The van der Waals surface area contributed by atoms with Crippen LogP contribution in [0.2, 0.25) is 0 Å². The first-order valence-electron chi connectivity index (χ1n) is 8.74. The molecule has 0 N–H and O–H groups in total. The van der Waals surface area contributed by atoms with Gasteiger partial charge in [-0.05, 0) is 49.6 Å². The van der Waals surface area contributed by atoms with Crippen molar-refractivity contribution in [1.82, 2.24) is 0 Å². The highest BCUT2D eigenvalue weighted by molar-refractivity contribution is 8.01. The van der Waals surface area contributed by atoms with Gasteiger partial charge in [0.25, 0.3) is 0 Å². The van der Waals surface area contributed by atoms with Gasteiger partial charge in [-0.3, -0.25) is 0 Å². The van der Waals surface area contributed by atoms with Gasteiger partial charge in [0.05, 0.1) is 0 Å². The average molecular weight is 363 g/mol. The molecule has 0 saturated carbocycles. The number of hydrogen-bond acceptors (Lipinski definition) is 2. The molecular weight excluding hydrogens is 340 g/mol. The maximum atomic E-state index is 2.38. The van der Waals surface area contributed by atoms with Gasteiger partial charge >= 0.3 is 0 Å². The molecule has 0 aliphatic carbocycles. The Hall–Kier alpha value is -1.64. The molecule has 3 aromatic carbocycles. The molecule has 1 aliphatic rings. The summed E-state index contributed by atoms with van der Waals surface area (Å²) in [6, 6.07) is 26.8. The van der Waals surface area contributed by atoms with Gasteiger partial charge in [0.15, 0.2) is 0 Å². The van der Waals surface area contributed by atoms with E-state index >= 15 is 0 Å². The molecule has 4 rings (SSSR count). The quantitative estimate of drug-likeness (QED) is 0.477. The Bertz CT molecular complexity index is 853. The summed E-state index contributed by atoms with van der Waals surface area (Å²) in [4.78, 5) is 2.80. The molecule has 0 spiro atoms. The van der Waals surface area contributed by atoms with Crippen LogP contribution in [0.1, 0.15) is 39.2 Å². The highest BCUT2D eigenvalue weighted by atomic mass is 32.2. The zero-order valence-corrected chi connectivity index (χ0v) is 16.2. The molecule has 1 aliphatic heterocycles. The lowest BCUT2D eigenvalue weighted by atomic mass is 10.0. The Kier molecular flexibility index (Phi) is 4.91. The van der Waals surface area contributed by atoms with Crippen LogP contribution >= 0.6 is 23.5 Å². The van der Waals surface area contributed by atoms with Crippen molar-refractivity contribution < 1.29 is 0 Å². The SMILES string of the molecule is Cc1ccc(SC2CC(c3ccccc3)Sc3ccc(C)cc32)cc1. The third-order valence-corrected chi connectivity index (χ3v) is 7.33. The Balaban J connectivity index is 1.68. The molecule has 0 bridgehead atoms. The number of benzene rings is 3. The molecule has 0 fully saturated rings. The van der Waals surface area contributed by atoms with E-state index in [1.54, 1.807) is 0 Å². The molecule has 126 valence electrons. The third kappa shape index (κ3) is 3.80. The topological polar surface area (TPSA) is 0 Å². The van der Waals surface area contributed by atoms with Gasteiger partial charge in [-0.15, -0.1) is 23.5 Å². The third-order valence-electron chi connectivity index (χ3n) is 4.68. The molecular formula is C23H22S2. The summed E-state index contributed by atoms with van der Waals surface area (Å²) in [7, 11) is 0. The molecule has 0 radical (unpaired) electrons. The second-order valence-electron chi connectivity index (χ2n) is 6.71. The first-order valence-corrected chi connectivity index (χ1v) is 10.5. The maximum Gasteiger partial charge on any atom is 0.0369 e. The Labute approximate surface area is 159 Å². The van der Waals surface area contributed by atoms with Gasteiger partial charge in [-0.1, -0.05) is 65.7 Å². The lowest BCUT2D eigenvalue weighted by molar-refractivity contribution is 0.754. The van der Waals surface area contributed by atoms with Crippen molar-refractivity contribution in [2.45, 2.75) is 40.6 Å². The summed E-state index contributed by atoms with van der Waals surface area (Å²) in [6.07, 6.45) is 1.17. The zero-order valence-electron chi connectivity index (χ0n) is 14.6. The molecule has 2 atom stereocenters. The van der Waals surface area contributed by atoms with E-state index in [0.29, 0.717) is 10.5 Å². The minimum atomic E-state index is 0.504. The van der Waals surface area contributed by atoms with Gasteiger partial charge in [0.2, 0.25) is 0 Å². The summed E-state index contributed by atoms with van der Waals surface area (Å²) in [5.41, 5.74) is 5.62. The van der Waals surface area contributed by atoms with Crippen LogP contribution in [0.15, 0.2) is 82.6 Å². The van der Waals surface area contributed by atoms with E-state index in [9.17, 15) is 0 Å². The molecule has 2 heteroatoms. The first-order chi connectivity index (χ1) is 12.2. The summed E-state index contributed by atoms with van der Waals surface area (Å²) >= 11 is 4.03. The standard InChI is InChI=1S/C23H22S2/c1-16-8-11-19(12-9-16)24-23-15-22(18-6-4-3-5-7-18)25-21-13-10-17(2)14-20(21)23/h3-14,22-23H,15H2,1-2H3. The van der Waals surface area contributed by atoms with Crippen molar-refractivity contribution in [3.63, 3.8) is 0 Å². The minimum Gasteiger partial charge on any atom is -0.118 e. The van der Waals surface area contributed by atoms with Crippen LogP contribution < -0.4 is 0 Å². The van der Waals surface area contributed by atoms with E-state index in [0.717, 1.165) is 0 Å². The van der Waals surface area contributed by atoms with Crippen LogP contribution in [0.3, 0.4) is 0 Å². The van der Waals surface area contributed by atoms with Crippen molar-refractivity contribution in [1.29, 1.82) is 0 Å². The summed E-state index contributed by atoms with van der Waals surface area (Å²) in [5.74, 6) is 0. The number of rotatable bonds is 3. The number of fused-ring (bicyclic) bond motifs is 1. The minimum absolute atomic E-state index is 0.504. The second-order valence-corrected chi connectivity index (χ2v) is 9.23. The van der Waals surface area contributed by atoms with Gasteiger partial charge in [0, 0.05) is 20.3 Å². The Morgan fingerprint density at radius 1 is 0.840 bits per heavy atom. The monoisotopic (exact) mass is 362 g/mol. The Morgan fingerprint density at radius 3 is 2.32 bits per heavy atom. The number of hydrogen-bond donors (Lipinski definition) is 0. The second kappa shape index (κ2) is 7.31. The maximum absolute atomic E-state index is 2.38. The molecule has 0 nitrogen and oxygen atoms in total. The van der Waals surface area contributed by atoms with Gasteiger partial charge in [0.1, 0.15) is 0 Å². The predicted octanol–water partition coefficient (Wildman–Crippen LogP) is 7.37. The van der Waals surface area contributed by atoms with Crippen molar-refractivity contribution in [2.75, 3.05) is 0 Å². The fourth-order valence-corrected chi connectivity index (χ4v) is 6.12. The molecule has 2 unspecified atom stereocenters. The molecule has 0 aromatic heterocycles. The van der Waals surface area contributed by atoms with Crippen molar-refractivity contribution in [3.05, 3.63) is 95.1 Å². The van der Waals surface area contributed by atoms with E-state index in [-0.39, 0.29) is 0 Å². The van der Waals surface area contributed by atoms with Crippen LogP contribution in [-0.2, 0) is 0 Å². The number of aryl methyl sites for hydroxylation is 2. The first kappa shape index (κ1) is 16.8. The predicted molar refractivity (Wildman–Crippen MR) is 111 cm³/mol. The average Bonchev–Trinajstić information content (AvgIpc) is 2.64. The van der Waals surface area contributed by atoms with Gasteiger partial charge < -0.3 is 0 Å². The van der Waals surface area contributed by atoms with Crippen molar-refractivity contribution >= 4 is 23.5 Å². The molecule has 1 heterocycles.